The number of nitrogens with one attached hydrogen (secondary N) is 1. The van der Waals surface area contributed by atoms with Crippen molar-refractivity contribution in [1.29, 1.82) is 0 Å². The first-order chi connectivity index (χ1) is 19.3. The quantitative estimate of drug-likeness (QED) is 0.361. The van der Waals surface area contributed by atoms with Crippen LogP contribution in [0.4, 0.5) is 23.8 Å². The summed E-state index contributed by atoms with van der Waals surface area (Å²) in [6.45, 7) is 10.1. The largest absolute Gasteiger partial charge is 0.528 e. The maximum absolute atomic E-state index is 14.7. The molecule has 0 aliphatic heterocycles. The Morgan fingerprint density at radius 1 is 1.17 bits per heavy atom. The second-order valence-corrected chi connectivity index (χ2v) is 11.2. The van der Waals surface area contributed by atoms with Gasteiger partial charge in [0.25, 0.3) is 0 Å². The number of carboxylic acid groups (broad SMARTS) is 1. The lowest BCUT2D eigenvalue weighted by atomic mass is 9.65. The highest BCUT2D eigenvalue weighted by molar-refractivity contribution is 5.86. The van der Waals surface area contributed by atoms with Crippen LogP contribution < -0.4 is 10.4 Å². The number of hydrogen-bond donors (Lipinski definition) is 1. The van der Waals surface area contributed by atoms with E-state index in [1.807, 2.05) is 11.5 Å². The van der Waals surface area contributed by atoms with Crippen LogP contribution in [0.1, 0.15) is 75.7 Å². The van der Waals surface area contributed by atoms with Gasteiger partial charge in [0.15, 0.2) is 23.1 Å². The molecule has 1 aliphatic rings. The van der Waals surface area contributed by atoms with Gasteiger partial charge in [0.1, 0.15) is 18.0 Å². The third-order valence-corrected chi connectivity index (χ3v) is 7.89. The van der Waals surface area contributed by atoms with Gasteiger partial charge >= 0.3 is 6.18 Å². The second kappa shape index (κ2) is 10.1. The van der Waals surface area contributed by atoms with Crippen LogP contribution in [0.3, 0.4) is 0 Å². The fourth-order valence-corrected chi connectivity index (χ4v) is 5.74. The van der Waals surface area contributed by atoms with Crippen molar-refractivity contribution in [3.05, 3.63) is 41.5 Å². The number of aromatic nitrogens is 8. The first kappa shape index (κ1) is 28.4. The zero-order chi connectivity index (χ0) is 29.9. The molecule has 4 aromatic heterocycles. The van der Waals surface area contributed by atoms with Crippen molar-refractivity contribution in [2.75, 3.05) is 5.32 Å². The minimum Gasteiger partial charge on any atom is -0.528 e. The molecular weight excluding hydrogens is 539 g/mol. The fourth-order valence-electron chi connectivity index (χ4n) is 5.74. The van der Waals surface area contributed by atoms with Crippen molar-refractivity contribution >= 4 is 23.1 Å². The Bertz CT molecular complexity index is 1610. The number of nitrogens with zero attached hydrogens (tertiary/aromatic N) is 8. The van der Waals surface area contributed by atoms with Crippen LogP contribution in [0.15, 0.2) is 18.7 Å². The molecule has 0 amide bonds. The Morgan fingerprint density at radius 2 is 1.85 bits per heavy atom. The third-order valence-electron chi connectivity index (χ3n) is 7.89. The van der Waals surface area contributed by atoms with Crippen LogP contribution in [0.5, 0.6) is 0 Å². The average Bonchev–Trinajstić information content (AvgIpc) is 3.48. The number of aryl methyl sites for hydroxylation is 2. The molecule has 218 valence electrons. The number of carbonyl (C=O) groups excluding carboxylic acids is 1. The van der Waals surface area contributed by atoms with Gasteiger partial charge in [-0.15, -0.1) is 0 Å². The van der Waals surface area contributed by atoms with E-state index in [4.69, 9.17) is 4.98 Å². The van der Waals surface area contributed by atoms with E-state index >= 15 is 0 Å². The molecule has 1 aliphatic carbocycles. The van der Waals surface area contributed by atoms with Crippen LogP contribution in [0.25, 0.3) is 22.6 Å². The Hall–Kier alpha value is -4.10. The van der Waals surface area contributed by atoms with Crippen molar-refractivity contribution in [3.8, 4) is 11.4 Å². The lowest BCUT2D eigenvalue weighted by molar-refractivity contribution is -0.251. The van der Waals surface area contributed by atoms with E-state index in [2.05, 4.69) is 30.4 Å². The molecule has 2 atom stereocenters. The predicted molar refractivity (Wildman–Crippen MR) is 142 cm³/mol. The number of halogens is 3. The monoisotopic (exact) mass is 570 g/mol. The van der Waals surface area contributed by atoms with Crippen molar-refractivity contribution in [2.45, 2.75) is 85.0 Å². The average molecular weight is 571 g/mol. The highest BCUT2D eigenvalue weighted by atomic mass is 19.4. The molecule has 14 heteroatoms. The van der Waals surface area contributed by atoms with Gasteiger partial charge < -0.3 is 19.8 Å². The van der Waals surface area contributed by atoms with Gasteiger partial charge in [-0.3, -0.25) is 0 Å². The molecule has 5 rings (SSSR count). The molecule has 4 aromatic rings. The van der Waals surface area contributed by atoms with Gasteiger partial charge in [-0.2, -0.15) is 18.3 Å². The van der Waals surface area contributed by atoms with E-state index in [-0.39, 0.29) is 35.8 Å². The number of hydrogen-bond acceptors (Lipinski definition) is 9. The van der Waals surface area contributed by atoms with Crippen molar-refractivity contribution in [1.82, 2.24) is 39.3 Å². The smallest absolute Gasteiger partial charge is 0.394 e. The maximum Gasteiger partial charge on any atom is 0.394 e. The number of carbonyl (C=O) groups is 1. The Labute approximate surface area is 234 Å². The second-order valence-electron chi connectivity index (χ2n) is 11.2. The summed E-state index contributed by atoms with van der Waals surface area (Å²) in [5.41, 5.74) is 0.155. The van der Waals surface area contributed by atoms with E-state index in [0.717, 1.165) is 18.5 Å². The first-order valence-corrected chi connectivity index (χ1v) is 13.4. The fraction of sp³-hybridized carbons (Fsp3) is 0.519. The Kier molecular flexibility index (Phi) is 6.98. The van der Waals surface area contributed by atoms with Crippen molar-refractivity contribution in [2.24, 2.45) is 5.41 Å². The summed E-state index contributed by atoms with van der Waals surface area (Å²) < 4.78 is 46.6. The topological polar surface area (TPSA) is 139 Å². The standard InChI is InChI=1S/C27H32F3N9O2/c1-7-38-23(15-10-31-14(4)32-11-15)36-21-22(33-12-34-24(21)38)35-16-8-9-17-18(19(16)26(5,6)27(28,29)30)20(13(2)3)37-39(17)25(40)41/h10-13,16,19H,7-9H2,1-6H3,(H,40,41)(H,33,34,35)/p-1. The number of alkyl halides is 3. The zero-order valence-electron chi connectivity index (χ0n) is 23.6. The number of fused-ring (bicyclic) bond motifs is 2. The Morgan fingerprint density at radius 3 is 2.44 bits per heavy atom. The molecule has 2 unspecified atom stereocenters. The Balaban J connectivity index is 1.66. The third kappa shape index (κ3) is 4.68. The van der Waals surface area contributed by atoms with Crippen molar-refractivity contribution < 1.29 is 23.1 Å². The molecule has 0 saturated carbocycles. The van der Waals surface area contributed by atoms with Crippen LogP contribution in [0, 0.1) is 12.3 Å². The zero-order valence-corrected chi connectivity index (χ0v) is 23.6. The SMILES string of the molecule is CCn1c(-c2cnc(C)nc2)nc2c(NC3CCc4c(c(C(C)C)nn4C(=O)[O-])C3C(C)(C)C(F)(F)F)ncnc21. The minimum atomic E-state index is -4.60. The van der Waals surface area contributed by atoms with E-state index in [1.54, 1.807) is 33.2 Å². The molecule has 0 spiro atoms. The predicted octanol–water partition coefficient (Wildman–Crippen LogP) is 4.22. The van der Waals surface area contributed by atoms with Crippen LogP contribution in [-0.2, 0) is 13.0 Å². The highest BCUT2D eigenvalue weighted by Gasteiger charge is 2.57. The molecule has 0 bridgehead atoms. The summed E-state index contributed by atoms with van der Waals surface area (Å²) in [7, 11) is 0. The molecule has 0 fully saturated rings. The van der Waals surface area contributed by atoms with Crippen LogP contribution in [0.2, 0.25) is 0 Å². The van der Waals surface area contributed by atoms with Crippen LogP contribution in [-0.4, -0.2) is 57.6 Å². The highest BCUT2D eigenvalue weighted by Crippen LogP contribution is 2.54. The number of rotatable bonds is 6. The number of anilines is 1. The van der Waals surface area contributed by atoms with E-state index < -0.39 is 29.6 Å². The van der Waals surface area contributed by atoms with E-state index in [0.29, 0.717) is 40.6 Å². The van der Waals surface area contributed by atoms with Crippen molar-refractivity contribution in [3.63, 3.8) is 0 Å². The van der Waals surface area contributed by atoms with Crippen LogP contribution >= 0.6 is 0 Å². The molecular formula is C27H31F3N9O2-. The van der Waals surface area contributed by atoms with Gasteiger partial charge in [0.05, 0.1) is 16.7 Å². The summed E-state index contributed by atoms with van der Waals surface area (Å²) in [5.74, 6) is -0.0551. The van der Waals surface area contributed by atoms with Gasteiger partial charge in [-0.25, -0.2) is 29.6 Å². The lowest BCUT2D eigenvalue weighted by Crippen LogP contribution is -2.48. The van der Waals surface area contributed by atoms with Gasteiger partial charge in [0, 0.05) is 42.2 Å². The number of imidazole rings is 1. The van der Waals surface area contributed by atoms with Gasteiger partial charge in [-0.05, 0) is 32.6 Å². The summed E-state index contributed by atoms with van der Waals surface area (Å²) in [6.07, 6.45) is -1.13. The van der Waals surface area contributed by atoms with Gasteiger partial charge in [0.2, 0.25) is 0 Å². The molecule has 4 heterocycles. The molecule has 41 heavy (non-hydrogen) atoms. The molecule has 0 aromatic carbocycles. The summed E-state index contributed by atoms with van der Waals surface area (Å²) in [6, 6.07) is -0.771. The molecule has 0 radical (unpaired) electrons. The molecule has 11 nitrogen and oxygen atoms in total. The normalized spacial score (nSPS) is 17.7. The van der Waals surface area contributed by atoms with E-state index in [9.17, 15) is 23.1 Å². The lowest BCUT2D eigenvalue weighted by Gasteiger charge is -2.44. The maximum atomic E-state index is 14.7. The van der Waals surface area contributed by atoms with Gasteiger partial charge in [-0.1, -0.05) is 27.7 Å². The minimum absolute atomic E-state index is 0.189. The summed E-state index contributed by atoms with van der Waals surface area (Å²) >= 11 is 0. The molecule has 1 N–H and O–H groups in total. The first-order valence-electron chi connectivity index (χ1n) is 13.4. The van der Waals surface area contributed by atoms with E-state index in [1.165, 1.54) is 6.33 Å². The summed E-state index contributed by atoms with van der Waals surface area (Å²) in [5, 5.41) is 19.4. The summed E-state index contributed by atoms with van der Waals surface area (Å²) in [4.78, 5) is 34.0. The molecule has 0 saturated heterocycles.